The Morgan fingerprint density at radius 1 is 1.30 bits per heavy atom. The molecule has 23 heavy (non-hydrogen) atoms. The maximum absolute atomic E-state index is 14.5. The molecule has 1 aromatic carbocycles. The van der Waals surface area contributed by atoms with E-state index in [0.717, 1.165) is 24.8 Å². The molecular weight excluding hydrogens is 291 g/mol. The fourth-order valence-electron chi connectivity index (χ4n) is 3.45. The highest BCUT2D eigenvalue weighted by atomic mass is 19.1. The van der Waals surface area contributed by atoms with Gasteiger partial charge >= 0.3 is 0 Å². The van der Waals surface area contributed by atoms with Crippen LogP contribution in [0.5, 0.6) is 0 Å². The van der Waals surface area contributed by atoms with Crippen molar-refractivity contribution in [2.75, 3.05) is 5.32 Å². The molecular formula is C19H25FN2O. The highest BCUT2D eigenvalue weighted by Crippen LogP contribution is 2.27. The molecule has 1 N–H and O–H groups in total. The summed E-state index contributed by atoms with van der Waals surface area (Å²) in [6.45, 7) is 4.22. The fourth-order valence-corrected chi connectivity index (χ4v) is 3.45. The van der Waals surface area contributed by atoms with Crippen molar-refractivity contribution in [2.24, 2.45) is 0 Å². The van der Waals surface area contributed by atoms with Crippen LogP contribution >= 0.6 is 0 Å². The van der Waals surface area contributed by atoms with Gasteiger partial charge in [-0.25, -0.2) is 4.39 Å². The van der Waals surface area contributed by atoms with Crippen LogP contribution in [0.1, 0.15) is 58.4 Å². The van der Waals surface area contributed by atoms with Crippen molar-refractivity contribution in [1.29, 1.82) is 0 Å². The second-order valence-corrected chi connectivity index (χ2v) is 6.67. The third-order valence-electron chi connectivity index (χ3n) is 5.05. The Labute approximate surface area is 136 Å². The molecule has 1 saturated carbocycles. The van der Waals surface area contributed by atoms with Gasteiger partial charge in [0, 0.05) is 29.7 Å². The van der Waals surface area contributed by atoms with Crippen LogP contribution < -0.4 is 10.7 Å². The quantitative estimate of drug-likeness (QED) is 0.874. The standard InChI is InChI=1S/C19H25FN2O/c1-3-13(2)22-10-9-19(23)15-11-16(20)17(12-18(15)22)21-14-7-5-4-6-8-14/h9-14,21H,3-8H2,1-2H3. The van der Waals surface area contributed by atoms with Gasteiger partial charge in [0.1, 0.15) is 5.82 Å². The largest absolute Gasteiger partial charge is 0.380 e. The Hall–Kier alpha value is -1.84. The van der Waals surface area contributed by atoms with Crippen LogP contribution in [0, 0.1) is 5.82 Å². The van der Waals surface area contributed by atoms with Gasteiger partial charge in [-0.05, 0) is 38.3 Å². The predicted octanol–water partition coefficient (Wildman–Crippen LogP) is 4.86. The molecule has 0 aliphatic heterocycles. The molecule has 4 heteroatoms. The number of anilines is 1. The molecule has 1 heterocycles. The summed E-state index contributed by atoms with van der Waals surface area (Å²) < 4.78 is 16.5. The summed E-state index contributed by atoms with van der Waals surface area (Å²) in [5.74, 6) is -0.331. The van der Waals surface area contributed by atoms with Crippen LogP contribution in [0.25, 0.3) is 10.9 Å². The summed E-state index contributed by atoms with van der Waals surface area (Å²) in [6.07, 6.45) is 8.62. The first-order chi connectivity index (χ1) is 11.1. The molecule has 0 bridgehead atoms. The van der Waals surface area contributed by atoms with E-state index in [-0.39, 0.29) is 17.3 Å². The third-order valence-corrected chi connectivity index (χ3v) is 5.05. The van der Waals surface area contributed by atoms with Crippen molar-refractivity contribution in [3.05, 3.63) is 40.4 Å². The molecule has 0 spiro atoms. The van der Waals surface area contributed by atoms with Crippen molar-refractivity contribution < 1.29 is 4.39 Å². The van der Waals surface area contributed by atoms with Crippen molar-refractivity contribution in [3.63, 3.8) is 0 Å². The van der Waals surface area contributed by atoms with Crippen LogP contribution in [-0.2, 0) is 0 Å². The Bertz CT molecular complexity index is 747. The van der Waals surface area contributed by atoms with Gasteiger partial charge < -0.3 is 9.88 Å². The molecule has 3 rings (SSSR count). The SMILES string of the molecule is CCC(C)n1ccc(=O)c2cc(F)c(NC3CCCCC3)cc21. The minimum absolute atomic E-state index is 0.123. The number of benzene rings is 1. The van der Waals surface area contributed by atoms with Crippen LogP contribution in [-0.4, -0.2) is 10.6 Å². The van der Waals surface area contributed by atoms with Crippen molar-refractivity contribution >= 4 is 16.6 Å². The Morgan fingerprint density at radius 3 is 2.74 bits per heavy atom. The van der Waals surface area contributed by atoms with E-state index in [0.29, 0.717) is 17.1 Å². The van der Waals surface area contributed by atoms with Gasteiger partial charge in [0.2, 0.25) is 0 Å². The maximum Gasteiger partial charge on any atom is 0.189 e. The van der Waals surface area contributed by atoms with Crippen molar-refractivity contribution in [1.82, 2.24) is 4.57 Å². The lowest BCUT2D eigenvalue weighted by Gasteiger charge is -2.25. The summed E-state index contributed by atoms with van der Waals surface area (Å²) in [7, 11) is 0. The van der Waals surface area contributed by atoms with E-state index in [1.165, 1.54) is 31.4 Å². The first kappa shape index (κ1) is 16.0. The molecule has 0 radical (unpaired) electrons. The molecule has 0 amide bonds. The third kappa shape index (κ3) is 3.26. The topological polar surface area (TPSA) is 34.0 Å². The number of pyridine rings is 1. The zero-order valence-corrected chi connectivity index (χ0v) is 13.9. The molecule has 0 saturated heterocycles. The number of hydrogen-bond acceptors (Lipinski definition) is 2. The minimum atomic E-state index is -0.331. The highest BCUT2D eigenvalue weighted by Gasteiger charge is 2.17. The summed E-state index contributed by atoms with van der Waals surface area (Å²) in [5, 5.41) is 3.81. The van der Waals surface area contributed by atoms with Crippen LogP contribution in [0.4, 0.5) is 10.1 Å². The first-order valence-corrected chi connectivity index (χ1v) is 8.71. The smallest absolute Gasteiger partial charge is 0.189 e. The lowest BCUT2D eigenvalue weighted by Crippen LogP contribution is -2.23. The molecule has 1 unspecified atom stereocenters. The number of rotatable bonds is 4. The number of hydrogen-bond donors (Lipinski definition) is 1. The second-order valence-electron chi connectivity index (χ2n) is 6.67. The highest BCUT2D eigenvalue weighted by molar-refractivity contribution is 5.83. The first-order valence-electron chi connectivity index (χ1n) is 8.71. The summed E-state index contributed by atoms with van der Waals surface area (Å²) in [5.41, 5.74) is 1.21. The minimum Gasteiger partial charge on any atom is -0.380 e. The van der Waals surface area contributed by atoms with Gasteiger partial charge in [0.05, 0.1) is 11.2 Å². The summed E-state index contributed by atoms with van der Waals surface area (Å²) in [4.78, 5) is 12.1. The molecule has 2 aromatic rings. The number of halogens is 1. The Morgan fingerprint density at radius 2 is 2.04 bits per heavy atom. The van der Waals surface area contributed by atoms with E-state index in [9.17, 15) is 9.18 Å². The van der Waals surface area contributed by atoms with Gasteiger partial charge in [0.25, 0.3) is 0 Å². The van der Waals surface area contributed by atoms with Crippen molar-refractivity contribution in [2.45, 2.75) is 64.5 Å². The fraction of sp³-hybridized carbons (Fsp3) is 0.526. The monoisotopic (exact) mass is 316 g/mol. The summed E-state index contributed by atoms with van der Waals surface area (Å²) in [6, 6.07) is 5.34. The van der Waals surface area contributed by atoms with Gasteiger partial charge in [-0.3, -0.25) is 4.79 Å². The van der Waals surface area contributed by atoms with E-state index in [1.807, 2.05) is 12.3 Å². The van der Waals surface area contributed by atoms with E-state index < -0.39 is 0 Å². The van der Waals surface area contributed by atoms with Crippen LogP contribution in [0.15, 0.2) is 29.2 Å². The van der Waals surface area contributed by atoms with E-state index in [1.54, 1.807) is 0 Å². The second kappa shape index (κ2) is 6.73. The lowest BCUT2D eigenvalue weighted by atomic mass is 9.95. The maximum atomic E-state index is 14.5. The van der Waals surface area contributed by atoms with E-state index in [4.69, 9.17) is 0 Å². The molecule has 1 aliphatic carbocycles. The lowest BCUT2D eigenvalue weighted by molar-refractivity contribution is 0.460. The predicted molar refractivity (Wildman–Crippen MR) is 93.7 cm³/mol. The molecule has 124 valence electrons. The molecule has 1 atom stereocenters. The zero-order valence-electron chi connectivity index (χ0n) is 13.9. The molecule has 1 aromatic heterocycles. The molecule has 1 aliphatic rings. The van der Waals surface area contributed by atoms with E-state index in [2.05, 4.69) is 23.7 Å². The Kier molecular flexibility index (Phi) is 4.69. The van der Waals surface area contributed by atoms with Crippen LogP contribution in [0.3, 0.4) is 0 Å². The number of aromatic nitrogens is 1. The molecule has 3 nitrogen and oxygen atoms in total. The van der Waals surface area contributed by atoms with Gasteiger partial charge in [0.15, 0.2) is 5.43 Å². The average Bonchev–Trinajstić information content (AvgIpc) is 2.57. The number of fused-ring (bicyclic) bond motifs is 1. The zero-order chi connectivity index (χ0) is 16.4. The Balaban J connectivity index is 2.05. The number of nitrogens with one attached hydrogen (secondary N) is 1. The number of nitrogens with zero attached hydrogens (tertiary/aromatic N) is 1. The van der Waals surface area contributed by atoms with Crippen molar-refractivity contribution in [3.8, 4) is 0 Å². The normalized spacial score (nSPS) is 17.3. The molecule has 1 fully saturated rings. The van der Waals surface area contributed by atoms with E-state index >= 15 is 0 Å². The van der Waals surface area contributed by atoms with Gasteiger partial charge in [-0.1, -0.05) is 26.2 Å². The average molecular weight is 316 g/mol. The van der Waals surface area contributed by atoms with Crippen LogP contribution in [0.2, 0.25) is 0 Å². The van der Waals surface area contributed by atoms with Gasteiger partial charge in [-0.15, -0.1) is 0 Å². The van der Waals surface area contributed by atoms with Gasteiger partial charge in [-0.2, -0.15) is 0 Å². The summed E-state index contributed by atoms with van der Waals surface area (Å²) >= 11 is 0.